The normalized spacial score (nSPS) is 12.4. The van der Waals surface area contributed by atoms with E-state index in [0.717, 1.165) is 0 Å². The lowest BCUT2D eigenvalue weighted by atomic mass is 10.1. The predicted octanol–water partition coefficient (Wildman–Crippen LogP) is 3.92. The summed E-state index contributed by atoms with van der Waals surface area (Å²) in [6, 6.07) is 11.9. The molecule has 3 rings (SSSR count). The minimum atomic E-state index is -0.389. The van der Waals surface area contributed by atoms with Crippen molar-refractivity contribution in [3.05, 3.63) is 48.0 Å². The summed E-state index contributed by atoms with van der Waals surface area (Å²) in [5.41, 5.74) is 2.82. The molecule has 0 unspecified atom stereocenters. The smallest absolute Gasteiger partial charge is 0.414 e. The summed E-state index contributed by atoms with van der Waals surface area (Å²) in [7, 11) is 1.70. The Balaban J connectivity index is 0.000000941. The molecule has 2 aromatic rings. The molecule has 3 amide bonds. The molecule has 29 heavy (non-hydrogen) atoms. The van der Waals surface area contributed by atoms with Crippen molar-refractivity contribution < 1.29 is 19.1 Å². The Morgan fingerprint density at radius 1 is 1.14 bits per heavy atom. The van der Waals surface area contributed by atoms with Gasteiger partial charge in [-0.2, -0.15) is 0 Å². The van der Waals surface area contributed by atoms with Gasteiger partial charge in [0.05, 0.1) is 23.6 Å². The van der Waals surface area contributed by atoms with Gasteiger partial charge in [-0.25, -0.2) is 4.79 Å². The molecule has 0 bridgehead atoms. The first-order valence-electron chi connectivity index (χ1n) is 9.42. The molecule has 8 heteroatoms. The van der Waals surface area contributed by atoms with Crippen LogP contribution in [0.25, 0.3) is 0 Å². The van der Waals surface area contributed by atoms with Crippen LogP contribution in [0.15, 0.2) is 42.5 Å². The van der Waals surface area contributed by atoms with E-state index >= 15 is 0 Å². The fraction of sp³-hybridized carbons (Fsp3) is 0.286. The minimum Gasteiger partial charge on any atom is -0.447 e. The van der Waals surface area contributed by atoms with Gasteiger partial charge in [-0.15, -0.1) is 0 Å². The molecule has 154 valence electrons. The number of nitrogens with one attached hydrogen (secondary N) is 3. The number of amides is 3. The molecule has 1 aliphatic heterocycles. The van der Waals surface area contributed by atoms with E-state index in [0.29, 0.717) is 47.9 Å². The Morgan fingerprint density at radius 3 is 2.34 bits per heavy atom. The third-order valence-electron chi connectivity index (χ3n) is 3.98. The second-order valence-electron chi connectivity index (χ2n) is 6.21. The highest BCUT2D eigenvalue weighted by molar-refractivity contribution is 6.07. The van der Waals surface area contributed by atoms with Gasteiger partial charge in [-0.05, 0) is 36.4 Å². The molecule has 0 atom stereocenters. The largest absolute Gasteiger partial charge is 0.447 e. The van der Waals surface area contributed by atoms with E-state index in [9.17, 15) is 14.4 Å². The number of carbonyl (C=O) groups is 3. The van der Waals surface area contributed by atoms with Crippen LogP contribution in [-0.2, 0) is 9.53 Å². The van der Waals surface area contributed by atoms with E-state index in [4.69, 9.17) is 4.74 Å². The summed E-state index contributed by atoms with van der Waals surface area (Å²) in [4.78, 5) is 36.3. The van der Waals surface area contributed by atoms with E-state index in [-0.39, 0.29) is 12.0 Å². The number of hydrogen-bond donors (Lipinski definition) is 3. The topological polar surface area (TPSA) is 99.8 Å². The molecule has 3 N–H and O–H groups in total. The molecule has 0 aromatic heterocycles. The Hall–Kier alpha value is -3.55. The van der Waals surface area contributed by atoms with Crippen molar-refractivity contribution in [1.29, 1.82) is 0 Å². The molecule has 1 aliphatic rings. The number of nitrogens with zero attached hydrogens (tertiary/aromatic N) is 1. The van der Waals surface area contributed by atoms with Gasteiger partial charge in [0.1, 0.15) is 6.61 Å². The van der Waals surface area contributed by atoms with Crippen LogP contribution in [-0.4, -0.2) is 38.6 Å². The third-order valence-corrected chi connectivity index (χ3v) is 3.98. The van der Waals surface area contributed by atoms with Gasteiger partial charge in [-0.3, -0.25) is 14.5 Å². The second kappa shape index (κ2) is 10.7. The maximum Gasteiger partial charge on any atom is 0.414 e. The predicted molar refractivity (Wildman–Crippen MR) is 115 cm³/mol. The van der Waals surface area contributed by atoms with Gasteiger partial charge in [0.15, 0.2) is 0 Å². The number of benzene rings is 2. The highest BCUT2D eigenvalue weighted by Crippen LogP contribution is 2.30. The Kier molecular flexibility index (Phi) is 8.02. The highest BCUT2D eigenvalue weighted by Gasteiger charge is 2.23. The average molecular weight is 398 g/mol. The van der Waals surface area contributed by atoms with E-state index in [1.807, 2.05) is 0 Å². The summed E-state index contributed by atoms with van der Waals surface area (Å²) in [6.45, 7) is 5.10. The number of cyclic esters (lactones) is 1. The van der Waals surface area contributed by atoms with Crippen molar-refractivity contribution in [3.63, 3.8) is 0 Å². The number of anilines is 4. The van der Waals surface area contributed by atoms with Crippen LogP contribution in [0.5, 0.6) is 0 Å². The van der Waals surface area contributed by atoms with Gasteiger partial charge in [-0.1, -0.05) is 26.3 Å². The summed E-state index contributed by atoms with van der Waals surface area (Å²) in [5.74, 6) is -0.305. The number of ether oxygens (including phenoxy) is 1. The zero-order chi connectivity index (χ0) is 21.2. The second-order valence-corrected chi connectivity index (χ2v) is 6.21. The lowest BCUT2D eigenvalue weighted by molar-refractivity contribution is -0.105. The quantitative estimate of drug-likeness (QED) is 0.641. The molecule has 1 saturated heterocycles. The minimum absolute atomic E-state index is 0.305. The fourth-order valence-corrected chi connectivity index (χ4v) is 2.72. The maximum atomic E-state index is 12.5. The molecule has 1 heterocycles. The van der Waals surface area contributed by atoms with Crippen LogP contribution in [0.4, 0.5) is 27.5 Å². The number of para-hydroxylation sites is 1. The van der Waals surface area contributed by atoms with Crippen LogP contribution in [0.1, 0.15) is 30.6 Å². The van der Waals surface area contributed by atoms with Gasteiger partial charge >= 0.3 is 6.09 Å². The molecular formula is C21H26N4O4. The first-order valence-corrected chi connectivity index (χ1v) is 9.42. The first kappa shape index (κ1) is 21.7. The van der Waals surface area contributed by atoms with Crippen molar-refractivity contribution in [2.24, 2.45) is 0 Å². The van der Waals surface area contributed by atoms with Crippen LogP contribution < -0.4 is 20.9 Å². The third kappa shape index (κ3) is 5.47. The molecule has 8 nitrogen and oxygen atoms in total. The van der Waals surface area contributed by atoms with Crippen molar-refractivity contribution in [1.82, 2.24) is 0 Å². The van der Waals surface area contributed by atoms with E-state index in [2.05, 4.69) is 29.8 Å². The Morgan fingerprint density at radius 2 is 1.79 bits per heavy atom. The van der Waals surface area contributed by atoms with Gasteiger partial charge in [0.25, 0.3) is 5.91 Å². The number of hydrogen-bond acceptors (Lipinski definition) is 5. The molecule has 1 fully saturated rings. The lowest BCUT2D eigenvalue weighted by Gasteiger charge is -2.15. The van der Waals surface area contributed by atoms with Crippen LogP contribution in [0.3, 0.4) is 0 Å². The van der Waals surface area contributed by atoms with E-state index in [1.165, 1.54) is 11.3 Å². The van der Waals surface area contributed by atoms with Crippen molar-refractivity contribution in [2.45, 2.75) is 20.3 Å². The van der Waals surface area contributed by atoms with Gasteiger partial charge in [0, 0.05) is 18.3 Å². The zero-order valence-corrected chi connectivity index (χ0v) is 16.8. The number of rotatable bonds is 6. The summed E-state index contributed by atoms with van der Waals surface area (Å²) < 4.78 is 4.90. The summed E-state index contributed by atoms with van der Waals surface area (Å²) in [6.07, 6.45) is 1.43. The lowest BCUT2D eigenvalue weighted by Crippen LogP contribution is -2.23. The summed E-state index contributed by atoms with van der Waals surface area (Å²) >= 11 is 0. The molecular weight excluding hydrogens is 372 g/mol. The van der Waals surface area contributed by atoms with E-state index < -0.39 is 0 Å². The van der Waals surface area contributed by atoms with Crippen LogP contribution >= 0.6 is 0 Å². The summed E-state index contributed by atoms with van der Waals surface area (Å²) in [5, 5.41) is 8.35. The SMILES string of the molecule is CCC.CNc1c(NC=O)cccc1NC(=O)c1ccc(N2CCOC2=O)cc1. The van der Waals surface area contributed by atoms with E-state index in [1.54, 1.807) is 49.5 Å². The van der Waals surface area contributed by atoms with Gasteiger partial charge in [0.2, 0.25) is 6.41 Å². The van der Waals surface area contributed by atoms with Crippen molar-refractivity contribution in [2.75, 3.05) is 41.0 Å². The molecule has 0 saturated carbocycles. The molecule has 0 aliphatic carbocycles. The molecule has 2 aromatic carbocycles. The Bertz CT molecular complexity index is 852. The zero-order valence-electron chi connectivity index (χ0n) is 16.8. The van der Waals surface area contributed by atoms with Crippen molar-refractivity contribution in [3.8, 4) is 0 Å². The Labute approximate surface area is 170 Å². The van der Waals surface area contributed by atoms with Crippen LogP contribution in [0.2, 0.25) is 0 Å². The average Bonchev–Trinajstić information content (AvgIpc) is 3.15. The number of carbonyl (C=O) groups excluding carboxylic acids is 3. The highest BCUT2D eigenvalue weighted by atomic mass is 16.6. The molecule has 0 radical (unpaired) electrons. The van der Waals surface area contributed by atoms with Crippen LogP contribution in [0, 0.1) is 0 Å². The molecule has 0 spiro atoms. The fourth-order valence-electron chi connectivity index (χ4n) is 2.72. The maximum absolute atomic E-state index is 12.5. The standard InChI is InChI=1S/C18H18N4O4.C3H8/c1-19-16-14(20-11-23)3-2-4-15(16)21-17(24)12-5-7-13(8-6-12)22-9-10-26-18(22)25;1-3-2/h2-8,11,19H,9-10H2,1H3,(H,20,23)(H,21,24);3H2,1-2H3. The monoisotopic (exact) mass is 398 g/mol. The van der Waals surface area contributed by atoms with Gasteiger partial charge < -0.3 is 20.7 Å². The van der Waals surface area contributed by atoms with Crippen molar-refractivity contribution >= 4 is 41.2 Å². The first-order chi connectivity index (χ1) is 14.0.